The Balaban J connectivity index is 1.88. The van der Waals surface area contributed by atoms with E-state index in [0.29, 0.717) is 18.7 Å². The first-order valence-electron chi connectivity index (χ1n) is 5.51. The minimum atomic E-state index is -0.498. The molecule has 2 aromatic rings. The summed E-state index contributed by atoms with van der Waals surface area (Å²) in [6.07, 6.45) is 4.13. The van der Waals surface area contributed by atoms with Crippen molar-refractivity contribution in [2.75, 3.05) is 5.32 Å². The molecule has 5 heteroatoms. The Kier molecular flexibility index (Phi) is 3.99. The van der Waals surface area contributed by atoms with Crippen LogP contribution in [0.3, 0.4) is 0 Å². The summed E-state index contributed by atoms with van der Waals surface area (Å²) < 4.78 is 14.8. The zero-order valence-corrected chi connectivity index (χ0v) is 10.3. The normalized spacial score (nSPS) is 10.3. The lowest BCUT2D eigenvalue weighted by Crippen LogP contribution is -2.14. The van der Waals surface area contributed by atoms with Crippen LogP contribution in [0.1, 0.15) is 6.42 Å². The SMILES string of the molecule is O=C(CCn1cccc1)Nc1ccc(F)c(Cl)c1. The molecule has 0 unspecified atom stereocenters. The number of nitrogens with one attached hydrogen (secondary N) is 1. The van der Waals surface area contributed by atoms with Crippen molar-refractivity contribution >= 4 is 23.2 Å². The molecule has 0 saturated carbocycles. The summed E-state index contributed by atoms with van der Waals surface area (Å²) in [5, 5.41) is 2.67. The van der Waals surface area contributed by atoms with Crippen molar-refractivity contribution in [3.8, 4) is 0 Å². The van der Waals surface area contributed by atoms with Crippen LogP contribution in [0.5, 0.6) is 0 Å². The largest absolute Gasteiger partial charge is 0.354 e. The first-order chi connectivity index (χ1) is 8.65. The van der Waals surface area contributed by atoms with Crippen LogP contribution in [0.4, 0.5) is 10.1 Å². The van der Waals surface area contributed by atoms with E-state index in [9.17, 15) is 9.18 Å². The smallest absolute Gasteiger partial charge is 0.226 e. The van der Waals surface area contributed by atoms with Gasteiger partial charge in [0.2, 0.25) is 5.91 Å². The average Bonchev–Trinajstić information content (AvgIpc) is 2.84. The maximum absolute atomic E-state index is 12.9. The van der Waals surface area contributed by atoms with Crippen LogP contribution in [0, 0.1) is 5.82 Å². The molecule has 0 radical (unpaired) electrons. The van der Waals surface area contributed by atoms with Crippen LogP contribution < -0.4 is 5.32 Å². The second-order valence-corrected chi connectivity index (χ2v) is 4.26. The highest BCUT2D eigenvalue weighted by Crippen LogP contribution is 2.19. The van der Waals surface area contributed by atoms with Gasteiger partial charge >= 0.3 is 0 Å². The number of aromatic nitrogens is 1. The van der Waals surface area contributed by atoms with Gasteiger partial charge in [-0.05, 0) is 30.3 Å². The van der Waals surface area contributed by atoms with Crippen LogP contribution in [0.15, 0.2) is 42.7 Å². The summed E-state index contributed by atoms with van der Waals surface area (Å²) in [5.74, 6) is -0.631. The number of aryl methyl sites for hydroxylation is 1. The molecule has 1 amide bonds. The summed E-state index contributed by atoms with van der Waals surface area (Å²) >= 11 is 5.63. The number of anilines is 1. The van der Waals surface area contributed by atoms with Crippen LogP contribution in [-0.2, 0) is 11.3 Å². The molecule has 1 N–H and O–H groups in total. The van der Waals surface area contributed by atoms with E-state index in [1.54, 1.807) is 0 Å². The van der Waals surface area contributed by atoms with E-state index >= 15 is 0 Å². The fourth-order valence-corrected chi connectivity index (χ4v) is 1.73. The van der Waals surface area contributed by atoms with Crippen molar-refractivity contribution in [1.29, 1.82) is 0 Å². The third kappa shape index (κ3) is 3.34. The summed E-state index contributed by atoms with van der Waals surface area (Å²) in [5.41, 5.74) is 0.499. The minimum absolute atomic E-state index is 0.00166. The van der Waals surface area contributed by atoms with Gasteiger partial charge in [-0.15, -0.1) is 0 Å². The molecule has 1 heterocycles. The van der Waals surface area contributed by atoms with Crippen LogP contribution >= 0.6 is 11.6 Å². The summed E-state index contributed by atoms with van der Waals surface area (Å²) in [4.78, 5) is 11.6. The van der Waals surface area contributed by atoms with Gasteiger partial charge in [0.15, 0.2) is 0 Å². The first-order valence-corrected chi connectivity index (χ1v) is 5.88. The number of carbonyl (C=O) groups excluding carboxylic acids is 1. The van der Waals surface area contributed by atoms with Gasteiger partial charge in [-0.1, -0.05) is 11.6 Å². The Morgan fingerprint density at radius 2 is 2.06 bits per heavy atom. The number of benzene rings is 1. The van der Waals surface area contributed by atoms with E-state index in [2.05, 4.69) is 5.32 Å². The van der Waals surface area contributed by atoms with Crippen molar-refractivity contribution in [2.45, 2.75) is 13.0 Å². The molecule has 94 valence electrons. The third-order valence-corrected chi connectivity index (χ3v) is 2.76. The van der Waals surface area contributed by atoms with E-state index in [-0.39, 0.29) is 10.9 Å². The maximum Gasteiger partial charge on any atom is 0.226 e. The maximum atomic E-state index is 12.9. The number of hydrogen-bond donors (Lipinski definition) is 1. The number of rotatable bonds is 4. The molecule has 1 aromatic carbocycles. The molecule has 0 saturated heterocycles. The van der Waals surface area contributed by atoms with Crippen molar-refractivity contribution in [2.24, 2.45) is 0 Å². The molecule has 0 fully saturated rings. The quantitative estimate of drug-likeness (QED) is 0.905. The second-order valence-electron chi connectivity index (χ2n) is 3.85. The lowest BCUT2D eigenvalue weighted by Gasteiger charge is -2.06. The fraction of sp³-hybridized carbons (Fsp3) is 0.154. The van der Waals surface area contributed by atoms with Crippen LogP contribution in [0.2, 0.25) is 5.02 Å². The molecule has 1 aromatic heterocycles. The molecule has 0 spiro atoms. The first kappa shape index (κ1) is 12.6. The van der Waals surface area contributed by atoms with E-state index in [4.69, 9.17) is 11.6 Å². The highest BCUT2D eigenvalue weighted by atomic mass is 35.5. The Hall–Kier alpha value is -1.81. The number of amides is 1. The monoisotopic (exact) mass is 266 g/mol. The lowest BCUT2D eigenvalue weighted by molar-refractivity contribution is -0.116. The summed E-state index contributed by atoms with van der Waals surface area (Å²) in [6, 6.07) is 7.90. The minimum Gasteiger partial charge on any atom is -0.354 e. The topological polar surface area (TPSA) is 34.0 Å². The Bertz CT molecular complexity index is 540. The average molecular weight is 267 g/mol. The van der Waals surface area contributed by atoms with Gasteiger partial charge in [0.05, 0.1) is 5.02 Å². The van der Waals surface area contributed by atoms with E-state index in [0.717, 1.165) is 0 Å². The van der Waals surface area contributed by atoms with Crippen LogP contribution in [-0.4, -0.2) is 10.5 Å². The lowest BCUT2D eigenvalue weighted by atomic mass is 10.3. The molecule has 0 bridgehead atoms. The molecular weight excluding hydrogens is 255 g/mol. The molecular formula is C13H12ClFN2O. The van der Waals surface area contributed by atoms with Gasteiger partial charge in [-0.3, -0.25) is 4.79 Å². The zero-order valence-electron chi connectivity index (χ0n) is 9.57. The predicted octanol–water partition coefficient (Wildman–Crippen LogP) is 3.31. The van der Waals surface area contributed by atoms with Crippen molar-refractivity contribution < 1.29 is 9.18 Å². The van der Waals surface area contributed by atoms with Crippen molar-refractivity contribution in [3.05, 3.63) is 53.6 Å². The molecule has 0 aliphatic carbocycles. The number of nitrogens with zero attached hydrogens (tertiary/aromatic N) is 1. The van der Waals surface area contributed by atoms with E-state index in [1.165, 1.54) is 18.2 Å². The Morgan fingerprint density at radius 1 is 1.33 bits per heavy atom. The highest BCUT2D eigenvalue weighted by molar-refractivity contribution is 6.31. The third-order valence-electron chi connectivity index (χ3n) is 2.47. The van der Waals surface area contributed by atoms with Gasteiger partial charge in [0.25, 0.3) is 0 Å². The number of halogens is 2. The molecule has 0 aliphatic heterocycles. The van der Waals surface area contributed by atoms with E-state index < -0.39 is 5.82 Å². The number of hydrogen-bond acceptors (Lipinski definition) is 1. The fourth-order valence-electron chi connectivity index (χ4n) is 1.55. The Labute approximate surface area is 109 Å². The standard InChI is InChI=1S/C13H12ClFN2O/c14-11-9-10(3-4-12(11)15)16-13(18)5-8-17-6-1-2-7-17/h1-4,6-7,9H,5,8H2,(H,16,18). The second kappa shape index (κ2) is 5.69. The van der Waals surface area contributed by atoms with Gasteiger partial charge in [0, 0.05) is 31.0 Å². The zero-order chi connectivity index (χ0) is 13.0. The number of carbonyl (C=O) groups is 1. The van der Waals surface area contributed by atoms with Gasteiger partial charge in [0.1, 0.15) is 5.82 Å². The molecule has 0 aliphatic rings. The molecule has 18 heavy (non-hydrogen) atoms. The molecule has 2 rings (SSSR count). The molecule has 0 atom stereocenters. The summed E-state index contributed by atoms with van der Waals surface area (Å²) in [7, 11) is 0. The molecule has 3 nitrogen and oxygen atoms in total. The van der Waals surface area contributed by atoms with Gasteiger partial charge in [-0.2, -0.15) is 0 Å². The Morgan fingerprint density at radius 3 is 2.72 bits per heavy atom. The van der Waals surface area contributed by atoms with Crippen molar-refractivity contribution in [1.82, 2.24) is 4.57 Å². The predicted molar refractivity (Wildman–Crippen MR) is 69.1 cm³/mol. The van der Waals surface area contributed by atoms with Gasteiger partial charge in [-0.25, -0.2) is 4.39 Å². The summed E-state index contributed by atoms with van der Waals surface area (Å²) in [6.45, 7) is 0.605. The van der Waals surface area contributed by atoms with Crippen LogP contribution in [0.25, 0.3) is 0 Å². The van der Waals surface area contributed by atoms with Gasteiger partial charge < -0.3 is 9.88 Å². The van der Waals surface area contributed by atoms with Crippen molar-refractivity contribution in [3.63, 3.8) is 0 Å². The van der Waals surface area contributed by atoms with E-state index in [1.807, 2.05) is 29.1 Å². The highest BCUT2D eigenvalue weighted by Gasteiger charge is 2.05.